The van der Waals surface area contributed by atoms with Gasteiger partial charge >= 0.3 is 0 Å². The molecule has 0 bridgehead atoms. The van der Waals surface area contributed by atoms with E-state index in [4.69, 9.17) is 4.98 Å². The summed E-state index contributed by atoms with van der Waals surface area (Å²) in [5.41, 5.74) is 10.9. The summed E-state index contributed by atoms with van der Waals surface area (Å²) in [7, 11) is 0. The van der Waals surface area contributed by atoms with Crippen molar-refractivity contribution in [2.45, 2.75) is 48.5 Å². The van der Waals surface area contributed by atoms with E-state index in [1.807, 2.05) is 0 Å². The highest BCUT2D eigenvalue weighted by atomic mass is 15.1. The number of nitrogens with one attached hydrogen (secondary N) is 2. The molecule has 140 valence electrons. The van der Waals surface area contributed by atoms with Crippen LogP contribution in [0.25, 0.3) is 0 Å². The Bertz CT molecular complexity index is 879. The van der Waals surface area contributed by atoms with Crippen molar-refractivity contribution in [2.75, 3.05) is 10.6 Å². The van der Waals surface area contributed by atoms with E-state index < -0.39 is 0 Å². The largest absolute Gasteiger partial charge is 0.340 e. The molecule has 0 saturated heterocycles. The average Bonchev–Trinajstić information content (AvgIpc) is 2.54. The molecule has 1 aromatic heterocycles. The first-order chi connectivity index (χ1) is 12.7. The van der Waals surface area contributed by atoms with Crippen molar-refractivity contribution < 1.29 is 0 Å². The number of anilines is 4. The smallest absolute Gasteiger partial charge is 0.133 e. The number of aryl methyl sites for hydroxylation is 7. The molecule has 0 spiro atoms. The Hall–Kier alpha value is -2.81. The van der Waals surface area contributed by atoms with Crippen LogP contribution in [0.1, 0.15) is 38.9 Å². The number of nitrogens with zero attached hydrogens (tertiary/aromatic N) is 1. The Morgan fingerprint density at radius 2 is 0.778 bits per heavy atom. The maximum atomic E-state index is 4.81. The van der Waals surface area contributed by atoms with E-state index in [1.54, 1.807) is 0 Å². The monoisotopic (exact) mass is 359 g/mol. The minimum Gasteiger partial charge on any atom is -0.340 e. The van der Waals surface area contributed by atoms with Gasteiger partial charge in [-0.1, -0.05) is 35.4 Å². The van der Waals surface area contributed by atoms with E-state index in [-0.39, 0.29) is 0 Å². The first-order valence-corrected chi connectivity index (χ1v) is 9.41. The van der Waals surface area contributed by atoms with Gasteiger partial charge in [0, 0.05) is 11.4 Å². The van der Waals surface area contributed by atoms with Gasteiger partial charge in [0.15, 0.2) is 0 Å². The molecule has 0 saturated carbocycles. The van der Waals surface area contributed by atoms with Crippen LogP contribution in [0.3, 0.4) is 0 Å². The molecule has 0 aliphatic heterocycles. The van der Waals surface area contributed by atoms with Crippen molar-refractivity contribution in [2.24, 2.45) is 0 Å². The molecule has 3 rings (SSSR count). The zero-order chi connectivity index (χ0) is 19.7. The summed E-state index contributed by atoms with van der Waals surface area (Å²) in [5, 5.41) is 7.04. The van der Waals surface area contributed by atoms with Crippen LogP contribution in [0.5, 0.6) is 0 Å². The summed E-state index contributed by atoms with van der Waals surface area (Å²) in [6.07, 6.45) is 0. The second kappa shape index (κ2) is 7.43. The van der Waals surface area contributed by atoms with Gasteiger partial charge in [-0.2, -0.15) is 0 Å². The molecule has 3 aromatic rings. The van der Waals surface area contributed by atoms with Gasteiger partial charge in [-0.15, -0.1) is 0 Å². The van der Waals surface area contributed by atoms with Gasteiger partial charge in [0.25, 0.3) is 0 Å². The van der Waals surface area contributed by atoms with E-state index >= 15 is 0 Å². The van der Waals surface area contributed by atoms with E-state index in [2.05, 4.69) is 95.5 Å². The van der Waals surface area contributed by atoms with Crippen LogP contribution < -0.4 is 10.6 Å². The van der Waals surface area contributed by atoms with Crippen molar-refractivity contribution in [3.8, 4) is 0 Å². The number of aromatic nitrogens is 1. The van der Waals surface area contributed by atoms with Gasteiger partial charge < -0.3 is 10.6 Å². The summed E-state index contributed by atoms with van der Waals surface area (Å²) in [4.78, 5) is 4.81. The second-order valence-electron chi connectivity index (χ2n) is 7.71. The van der Waals surface area contributed by atoms with Crippen LogP contribution in [0.15, 0.2) is 36.4 Å². The fraction of sp³-hybridized carbons (Fsp3) is 0.292. The lowest BCUT2D eigenvalue weighted by molar-refractivity contribution is 1.23. The van der Waals surface area contributed by atoms with Crippen LogP contribution in [0.4, 0.5) is 23.0 Å². The lowest BCUT2D eigenvalue weighted by Gasteiger charge is -2.17. The maximum Gasteiger partial charge on any atom is 0.133 e. The van der Waals surface area contributed by atoms with E-state index in [1.165, 1.54) is 38.9 Å². The predicted molar refractivity (Wildman–Crippen MR) is 117 cm³/mol. The minimum atomic E-state index is 0.856. The van der Waals surface area contributed by atoms with Crippen molar-refractivity contribution in [1.29, 1.82) is 0 Å². The summed E-state index contributed by atoms with van der Waals surface area (Å²) in [5.74, 6) is 1.71. The molecular formula is C24H29N3. The molecule has 1 heterocycles. The molecule has 0 aliphatic rings. The maximum absolute atomic E-state index is 4.81. The van der Waals surface area contributed by atoms with Crippen molar-refractivity contribution in [1.82, 2.24) is 4.98 Å². The number of hydrogen-bond donors (Lipinski definition) is 2. The summed E-state index contributed by atoms with van der Waals surface area (Å²) in [6.45, 7) is 14.9. The number of pyridine rings is 1. The van der Waals surface area contributed by atoms with Crippen molar-refractivity contribution >= 4 is 23.0 Å². The molecule has 3 heteroatoms. The van der Waals surface area contributed by atoms with Gasteiger partial charge in [-0.05, 0) is 88.4 Å². The third kappa shape index (κ3) is 4.30. The predicted octanol–water partition coefficient (Wildman–Crippen LogP) is 6.73. The molecule has 3 nitrogen and oxygen atoms in total. The van der Waals surface area contributed by atoms with Crippen LogP contribution in [0, 0.1) is 48.5 Å². The highest BCUT2D eigenvalue weighted by Gasteiger charge is 2.09. The van der Waals surface area contributed by atoms with Crippen molar-refractivity contribution in [3.63, 3.8) is 0 Å². The molecular weight excluding hydrogens is 330 g/mol. The van der Waals surface area contributed by atoms with Crippen molar-refractivity contribution in [3.05, 3.63) is 75.3 Å². The number of benzene rings is 2. The van der Waals surface area contributed by atoms with Crippen LogP contribution in [-0.4, -0.2) is 4.98 Å². The summed E-state index contributed by atoms with van der Waals surface area (Å²) in [6, 6.07) is 13.0. The van der Waals surface area contributed by atoms with Crippen LogP contribution in [-0.2, 0) is 0 Å². The summed E-state index contributed by atoms with van der Waals surface area (Å²) < 4.78 is 0. The molecule has 0 atom stereocenters. The highest BCUT2D eigenvalue weighted by Crippen LogP contribution is 2.29. The number of hydrogen-bond acceptors (Lipinski definition) is 3. The quantitative estimate of drug-likeness (QED) is 0.542. The first-order valence-electron chi connectivity index (χ1n) is 9.41. The zero-order valence-electron chi connectivity index (χ0n) is 17.4. The van der Waals surface area contributed by atoms with E-state index in [0.29, 0.717) is 0 Å². The fourth-order valence-electron chi connectivity index (χ4n) is 3.81. The van der Waals surface area contributed by atoms with Gasteiger partial charge in [0.2, 0.25) is 0 Å². The molecule has 0 radical (unpaired) electrons. The van der Waals surface area contributed by atoms with E-state index in [0.717, 1.165) is 23.0 Å². The first kappa shape index (κ1) is 19.0. The Morgan fingerprint density at radius 1 is 0.481 bits per heavy atom. The molecule has 0 unspecified atom stereocenters. The molecule has 0 amide bonds. The third-order valence-corrected chi connectivity index (χ3v) is 4.83. The molecule has 2 N–H and O–H groups in total. The minimum absolute atomic E-state index is 0.856. The summed E-state index contributed by atoms with van der Waals surface area (Å²) >= 11 is 0. The standard InChI is InChI=1S/C24H29N3/c1-14-8-17(4)23(18(5)9-14)26-21-12-16(3)13-22(25-21)27-24-19(6)10-15(2)11-20(24)7/h8-13H,1-7H3,(H2,25,26,27). The lowest BCUT2D eigenvalue weighted by atomic mass is 10.0. The van der Waals surface area contributed by atoms with Gasteiger partial charge in [0.1, 0.15) is 11.6 Å². The lowest BCUT2D eigenvalue weighted by Crippen LogP contribution is -2.03. The number of rotatable bonds is 4. The topological polar surface area (TPSA) is 37.0 Å². The van der Waals surface area contributed by atoms with Crippen LogP contribution >= 0.6 is 0 Å². The SMILES string of the molecule is Cc1cc(Nc2c(C)cc(C)cc2C)nc(Nc2c(C)cc(C)cc2C)c1. The molecule has 0 aliphatic carbocycles. The Morgan fingerprint density at radius 3 is 1.11 bits per heavy atom. The highest BCUT2D eigenvalue weighted by molar-refractivity contribution is 5.69. The second-order valence-corrected chi connectivity index (χ2v) is 7.71. The third-order valence-electron chi connectivity index (χ3n) is 4.83. The Labute approximate surface area is 162 Å². The zero-order valence-corrected chi connectivity index (χ0v) is 17.4. The normalized spacial score (nSPS) is 10.8. The van der Waals surface area contributed by atoms with Crippen LogP contribution in [0.2, 0.25) is 0 Å². The van der Waals surface area contributed by atoms with Gasteiger partial charge in [-0.25, -0.2) is 4.98 Å². The average molecular weight is 360 g/mol. The van der Waals surface area contributed by atoms with E-state index in [9.17, 15) is 0 Å². The molecule has 0 fully saturated rings. The molecule has 27 heavy (non-hydrogen) atoms. The Kier molecular flexibility index (Phi) is 5.22. The molecule has 2 aromatic carbocycles. The Balaban J connectivity index is 1.94. The van der Waals surface area contributed by atoms with Gasteiger partial charge in [-0.3, -0.25) is 0 Å². The fourth-order valence-corrected chi connectivity index (χ4v) is 3.81. The van der Waals surface area contributed by atoms with Gasteiger partial charge in [0.05, 0.1) is 0 Å².